The summed E-state index contributed by atoms with van der Waals surface area (Å²) in [4.78, 5) is 12.7. The number of thioether (sulfide) groups is 1. The van der Waals surface area contributed by atoms with Gasteiger partial charge in [-0.1, -0.05) is 15.9 Å². The van der Waals surface area contributed by atoms with E-state index < -0.39 is 0 Å². The second-order valence-electron chi connectivity index (χ2n) is 4.31. The third-order valence-electron chi connectivity index (χ3n) is 2.50. The van der Waals surface area contributed by atoms with Crippen LogP contribution in [0.15, 0.2) is 21.5 Å². The minimum atomic E-state index is -0.189. The summed E-state index contributed by atoms with van der Waals surface area (Å²) in [6, 6.07) is 3.95. The van der Waals surface area contributed by atoms with Crippen molar-refractivity contribution in [2.24, 2.45) is 0 Å². The zero-order chi connectivity index (χ0) is 13.7. The minimum Gasteiger partial charge on any atom is -0.394 e. The Bertz CT molecular complexity index is 437. The molecule has 0 aliphatic rings. The highest BCUT2D eigenvalue weighted by atomic mass is 79.9. The van der Waals surface area contributed by atoms with Gasteiger partial charge in [-0.25, -0.2) is 0 Å². The second kappa shape index (κ2) is 7.16. The summed E-state index contributed by atoms with van der Waals surface area (Å²) in [7, 11) is 0. The van der Waals surface area contributed by atoms with E-state index in [1.807, 2.05) is 13.8 Å². The molecule has 2 N–H and O–H groups in total. The first-order valence-corrected chi connectivity index (χ1v) is 7.51. The maximum absolute atomic E-state index is 11.6. The molecule has 0 aromatic heterocycles. The molecule has 0 aliphatic carbocycles. The molecule has 5 heteroatoms. The third kappa shape index (κ3) is 4.63. The highest BCUT2D eigenvalue weighted by molar-refractivity contribution is 9.10. The fourth-order valence-electron chi connectivity index (χ4n) is 1.42. The van der Waals surface area contributed by atoms with Gasteiger partial charge in [0, 0.05) is 15.4 Å². The lowest BCUT2D eigenvalue weighted by Crippen LogP contribution is -2.36. The fourth-order valence-corrected chi connectivity index (χ4v) is 2.79. The summed E-state index contributed by atoms with van der Waals surface area (Å²) in [6.45, 7) is 5.80. The fraction of sp³-hybridized carbons (Fsp3) is 0.462. The lowest BCUT2D eigenvalue weighted by Gasteiger charge is -2.12. The van der Waals surface area contributed by atoms with Gasteiger partial charge in [-0.05, 0) is 44.0 Å². The van der Waals surface area contributed by atoms with Crippen molar-refractivity contribution >= 4 is 33.6 Å². The van der Waals surface area contributed by atoms with Crippen LogP contribution in [0.4, 0.5) is 0 Å². The third-order valence-corrected chi connectivity index (χ3v) is 4.51. The van der Waals surface area contributed by atoms with Crippen LogP contribution in [0.5, 0.6) is 0 Å². The van der Waals surface area contributed by atoms with E-state index in [-0.39, 0.29) is 18.6 Å². The molecule has 1 aromatic rings. The Morgan fingerprint density at radius 3 is 2.72 bits per heavy atom. The number of carbonyl (C=O) groups is 1. The summed E-state index contributed by atoms with van der Waals surface area (Å²) in [5, 5.41) is 11.6. The van der Waals surface area contributed by atoms with Gasteiger partial charge in [0.25, 0.3) is 0 Å². The van der Waals surface area contributed by atoms with Crippen molar-refractivity contribution < 1.29 is 9.90 Å². The Kier molecular flexibility index (Phi) is 6.18. The van der Waals surface area contributed by atoms with Gasteiger partial charge < -0.3 is 10.4 Å². The summed E-state index contributed by atoms with van der Waals surface area (Å²) in [5.41, 5.74) is 2.31. The van der Waals surface area contributed by atoms with E-state index in [2.05, 4.69) is 33.4 Å². The van der Waals surface area contributed by atoms with E-state index >= 15 is 0 Å². The summed E-state index contributed by atoms with van der Waals surface area (Å²) in [5.74, 6) is 0.313. The number of aryl methyl sites for hydroxylation is 2. The van der Waals surface area contributed by atoms with Crippen molar-refractivity contribution in [1.82, 2.24) is 5.32 Å². The summed E-state index contributed by atoms with van der Waals surface area (Å²) >= 11 is 5.00. The van der Waals surface area contributed by atoms with Gasteiger partial charge in [-0.15, -0.1) is 11.8 Å². The van der Waals surface area contributed by atoms with Crippen LogP contribution in [-0.2, 0) is 4.79 Å². The molecule has 1 atom stereocenters. The Balaban J connectivity index is 2.58. The van der Waals surface area contributed by atoms with E-state index in [1.54, 1.807) is 6.92 Å². The number of hydrogen-bond acceptors (Lipinski definition) is 3. The SMILES string of the molecule is Cc1cc(SCC(=O)N[C@H](C)CO)c(C)cc1Br. The van der Waals surface area contributed by atoms with Crippen LogP contribution in [-0.4, -0.2) is 29.4 Å². The molecule has 100 valence electrons. The van der Waals surface area contributed by atoms with E-state index in [9.17, 15) is 4.79 Å². The molecule has 1 rings (SSSR count). The van der Waals surface area contributed by atoms with Crippen LogP contribution < -0.4 is 5.32 Å². The molecule has 0 fully saturated rings. The quantitative estimate of drug-likeness (QED) is 0.815. The van der Waals surface area contributed by atoms with Crippen LogP contribution in [0.3, 0.4) is 0 Å². The molecule has 0 spiro atoms. The Hall–Kier alpha value is -0.520. The molecule has 18 heavy (non-hydrogen) atoms. The first-order chi connectivity index (χ1) is 8.43. The number of rotatable bonds is 5. The number of hydrogen-bond donors (Lipinski definition) is 2. The number of amides is 1. The largest absolute Gasteiger partial charge is 0.394 e. The normalized spacial score (nSPS) is 12.3. The molecular formula is C13H18BrNO2S. The van der Waals surface area contributed by atoms with Crippen molar-refractivity contribution in [3.8, 4) is 0 Å². The monoisotopic (exact) mass is 331 g/mol. The molecular weight excluding hydrogens is 314 g/mol. The van der Waals surface area contributed by atoms with E-state index in [4.69, 9.17) is 5.11 Å². The van der Waals surface area contributed by atoms with Gasteiger partial charge in [0.2, 0.25) is 5.91 Å². The average molecular weight is 332 g/mol. The van der Waals surface area contributed by atoms with E-state index in [0.29, 0.717) is 5.75 Å². The van der Waals surface area contributed by atoms with Crippen molar-refractivity contribution in [3.05, 3.63) is 27.7 Å². The summed E-state index contributed by atoms with van der Waals surface area (Å²) < 4.78 is 1.09. The predicted octanol–water partition coefficient (Wildman–Crippen LogP) is 2.66. The molecule has 0 heterocycles. The van der Waals surface area contributed by atoms with E-state index in [0.717, 1.165) is 20.5 Å². The van der Waals surface area contributed by atoms with Gasteiger partial charge in [-0.3, -0.25) is 4.79 Å². The number of aliphatic hydroxyl groups is 1. The first-order valence-electron chi connectivity index (χ1n) is 5.73. The van der Waals surface area contributed by atoms with Crippen LogP contribution in [0.25, 0.3) is 0 Å². The predicted molar refractivity (Wildman–Crippen MR) is 79.0 cm³/mol. The molecule has 0 aliphatic heterocycles. The van der Waals surface area contributed by atoms with Gasteiger partial charge in [0.05, 0.1) is 12.4 Å². The zero-order valence-corrected chi connectivity index (χ0v) is 13.2. The Morgan fingerprint density at radius 2 is 2.11 bits per heavy atom. The molecule has 0 radical (unpaired) electrons. The van der Waals surface area contributed by atoms with Crippen molar-refractivity contribution in [1.29, 1.82) is 0 Å². The first kappa shape index (κ1) is 15.5. The lowest BCUT2D eigenvalue weighted by molar-refractivity contribution is -0.119. The maximum Gasteiger partial charge on any atom is 0.230 e. The van der Waals surface area contributed by atoms with Crippen LogP contribution in [0, 0.1) is 13.8 Å². The molecule has 3 nitrogen and oxygen atoms in total. The van der Waals surface area contributed by atoms with Crippen LogP contribution in [0.1, 0.15) is 18.1 Å². The number of benzene rings is 1. The lowest BCUT2D eigenvalue weighted by atomic mass is 10.2. The number of carbonyl (C=O) groups excluding carboxylic acids is 1. The standard InChI is InChI=1S/C13H18BrNO2S/c1-8-5-12(9(2)4-11(8)14)18-7-13(17)15-10(3)6-16/h4-5,10,16H,6-7H2,1-3H3,(H,15,17)/t10-/m1/s1. The van der Waals surface area contributed by atoms with Crippen molar-refractivity contribution in [3.63, 3.8) is 0 Å². The number of nitrogens with one attached hydrogen (secondary N) is 1. The van der Waals surface area contributed by atoms with Crippen molar-refractivity contribution in [2.45, 2.75) is 31.7 Å². The van der Waals surface area contributed by atoms with Crippen LogP contribution >= 0.6 is 27.7 Å². The minimum absolute atomic E-state index is 0.0349. The second-order valence-corrected chi connectivity index (χ2v) is 6.18. The molecule has 0 unspecified atom stereocenters. The zero-order valence-electron chi connectivity index (χ0n) is 10.8. The smallest absolute Gasteiger partial charge is 0.230 e. The highest BCUT2D eigenvalue weighted by Gasteiger charge is 2.09. The number of halogens is 1. The van der Waals surface area contributed by atoms with Crippen molar-refractivity contribution in [2.75, 3.05) is 12.4 Å². The molecule has 1 aromatic carbocycles. The van der Waals surface area contributed by atoms with Gasteiger partial charge in [-0.2, -0.15) is 0 Å². The van der Waals surface area contributed by atoms with Crippen LogP contribution in [0.2, 0.25) is 0 Å². The molecule has 0 bridgehead atoms. The van der Waals surface area contributed by atoms with Gasteiger partial charge >= 0.3 is 0 Å². The Morgan fingerprint density at radius 1 is 1.44 bits per heavy atom. The number of aliphatic hydroxyl groups excluding tert-OH is 1. The topological polar surface area (TPSA) is 49.3 Å². The molecule has 0 saturated heterocycles. The molecule has 1 amide bonds. The molecule has 0 saturated carbocycles. The average Bonchev–Trinajstić information content (AvgIpc) is 2.32. The highest BCUT2D eigenvalue weighted by Crippen LogP contribution is 2.28. The van der Waals surface area contributed by atoms with E-state index in [1.165, 1.54) is 11.8 Å². The van der Waals surface area contributed by atoms with Gasteiger partial charge in [0.1, 0.15) is 0 Å². The summed E-state index contributed by atoms with van der Waals surface area (Å²) in [6.07, 6.45) is 0. The maximum atomic E-state index is 11.6. The Labute approximate surface area is 120 Å². The van der Waals surface area contributed by atoms with Gasteiger partial charge in [0.15, 0.2) is 0 Å².